The molecule has 1 aliphatic rings. The number of nitrogens with zero attached hydrogens (tertiary/aromatic N) is 1. The van der Waals surface area contributed by atoms with Crippen LogP contribution in [0, 0.1) is 11.3 Å². The van der Waals surface area contributed by atoms with Crippen molar-refractivity contribution in [3.05, 3.63) is 41.4 Å². The highest BCUT2D eigenvalue weighted by atomic mass is 35.5. The summed E-state index contributed by atoms with van der Waals surface area (Å²) in [5.41, 5.74) is 7.90. The van der Waals surface area contributed by atoms with Gasteiger partial charge in [0.05, 0.1) is 17.3 Å². The molecule has 4 amide bonds. The fraction of sp³-hybridized carbons (Fsp3) is 0.480. The molecule has 0 aromatic heterocycles. The van der Waals surface area contributed by atoms with Crippen LogP contribution in [0.15, 0.2) is 30.9 Å². The molecular formula is C25H34ClN5O6. The Balaban J connectivity index is 2.18. The molecule has 0 bridgehead atoms. The van der Waals surface area contributed by atoms with Crippen LogP contribution in [0.3, 0.4) is 0 Å². The minimum Gasteiger partial charge on any atom is -0.465 e. The predicted octanol–water partition coefficient (Wildman–Crippen LogP) is 1.57. The first-order chi connectivity index (χ1) is 17.3. The van der Waals surface area contributed by atoms with E-state index in [2.05, 4.69) is 22.6 Å². The van der Waals surface area contributed by atoms with E-state index >= 15 is 0 Å². The Labute approximate surface area is 221 Å². The Morgan fingerprint density at radius 3 is 2.35 bits per heavy atom. The summed E-state index contributed by atoms with van der Waals surface area (Å²) in [6, 6.07) is 2.37. The smallest absolute Gasteiger partial charge is 0.327 e. The van der Waals surface area contributed by atoms with E-state index < -0.39 is 53.6 Å². The van der Waals surface area contributed by atoms with Crippen molar-refractivity contribution in [3.8, 4) is 0 Å². The van der Waals surface area contributed by atoms with Gasteiger partial charge >= 0.3 is 5.97 Å². The maximum absolute atomic E-state index is 13.3. The molecule has 0 radical (unpaired) electrons. The van der Waals surface area contributed by atoms with Crippen LogP contribution in [0.1, 0.15) is 50.9 Å². The summed E-state index contributed by atoms with van der Waals surface area (Å²) in [7, 11) is 0. The molecule has 0 saturated heterocycles. The number of hydrogen-bond acceptors (Lipinski definition) is 7. The van der Waals surface area contributed by atoms with Gasteiger partial charge in [-0.2, -0.15) is 0 Å². The summed E-state index contributed by atoms with van der Waals surface area (Å²) in [5, 5.41) is 6.41. The van der Waals surface area contributed by atoms with Crippen molar-refractivity contribution in [2.45, 2.75) is 52.6 Å². The number of anilines is 1. The van der Waals surface area contributed by atoms with E-state index in [0.717, 1.165) is 11.1 Å². The summed E-state index contributed by atoms with van der Waals surface area (Å²) in [5.74, 6) is -3.41. The number of nitrogens with two attached hydrogens (primary N) is 1. The third kappa shape index (κ3) is 8.49. The van der Waals surface area contributed by atoms with Crippen molar-refractivity contribution in [1.82, 2.24) is 21.1 Å². The minimum atomic E-state index is -1.02. The molecule has 1 aromatic rings. The lowest BCUT2D eigenvalue weighted by atomic mass is 9.85. The lowest BCUT2D eigenvalue weighted by Crippen LogP contribution is -2.60. The number of nitrogen functional groups attached to an aromatic ring is 1. The molecule has 37 heavy (non-hydrogen) atoms. The van der Waals surface area contributed by atoms with E-state index in [9.17, 15) is 24.0 Å². The third-order valence-electron chi connectivity index (χ3n) is 5.62. The van der Waals surface area contributed by atoms with Crippen LogP contribution in [-0.4, -0.2) is 59.8 Å². The molecular weight excluding hydrogens is 502 g/mol. The number of rotatable bonds is 10. The van der Waals surface area contributed by atoms with Gasteiger partial charge in [0.25, 0.3) is 17.7 Å². The topological polar surface area (TPSA) is 160 Å². The predicted molar refractivity (Wildman–Crippen MR) is 138 cm³/mol. The molecule has 1 fully saturated rings. The molecule has 11 nitrogen and oxygen atoms in total. The summed E-state index contributed by atoms with van der Waals surface area (Å²) in [6.07, 6.45) is 2.31. The fourth-order valence-electron chi connectivity index (χ4n) is 3.44. The van der Waals surface area contributed by atoms with Gasteiger partial charge in [0.2, 0.25) is 5.91 Å². The normalized spacial score (nSPS) is 14.5. The lowest BCUT2D eigenvalue weighted by Gasteiger charge is -2.32. The van der Waals surface area contributed by atoms with Gasteiger partial charge in [-0.1, -0.05) is 39.0 Å². The van der Waals surface area contributed by atoms with Gasteiger partial charge in [-0.05, 0) is 55.4 Å². The van der Waals surface area contributed by atoms with Crippen LogP contribution in [-0.2, 0) is 23.9 Å². The van der Waals surface area contributed by atoms with Crippen molar-refractivity contribution >= 4 is 46.9 Å². The second-order valence-corrected chi connectivity index (χ2v) is 10.1. The highest BCUT2D eigenvalue weighted by molar-refractivity contribution is 6.33. The van der Waals surface area contributed by atoms with Crippen LogP contribution in [0.2, 0.25) is 5.02 Å². The molecule has 12 heteroatoms. The lowest BCUT2D eigenvalue weighted by molar-refractivity contribution is -0.152. The number of amides is 4. The second-order valence-electron chi connectivity index (χ2n) is 9.74. The van der Waals surface area contributed by atoms with E-state index in [1.54, 1.807) is 27.7 Å². The molecule has 202 valence electrons. The second kappa shape index (κ2) is 12.6. The van der Waals surface area contributed by atoms with Gasteiger partial charge in [0, 0.05) is 5.56 Å². The van der Waals surface area contributed by atoms with Crippen molar-refractivity contribution in [2.75, 3.05) is 18.9 Å². The molecule has 1 aromatic carbocycles. The van der Waals surface area contributed by atoms with Crippen molar-refractivity contribution in [2.24, 2.45) is 11.3 Å². The van der Waals surface area contributed by atoms with Gasteiger partial charge in [-0.15, -0.1) is 0 Å². The first kappa shape index (κ1) is 29.6. The highest BCUT2D eigenvalue weighted by Gasteiger charge is 2.41. The summed E-state index contributed by atoms with van der Waals surface area (Å²) in [4.78, 5) is 63.4. The maximum Gasteiger partial charge on any atom is 0.327 e. The van der Waals surface area contributed by atoms with Crippen LogP contribution in [0.4, 0.5) is 5.69 Å². The van der Waals surface area contributed by atoms with E-state index in [1.807, 2.05) is 0 Å². The minimum absolute atomic E-state index is 0.103. The molecule has 1 saturated carbocycles. The summed E-state index contributed by atoms with van der Waals surface area (Å²) in [6.45, 7) is 9.87. The van der Waals surface area contributed by atoms with E-state index in [4.69, 9.17) is 22.1 Å². The number of hydrazine groups is 1. The first-order valence-corrected chi connectivity index (χ1v) is 12.2. The zero-order valence-electron chi connectivity index (χ0n) is 21.4. The van der Waals surface area contributed by atoms with E-state index in [1.165, 1.54) is 18.2 Å². The van der Waals surface area contributed by atoms with Crippen LogP contribution >= 0.6 is 11.6 Å². The molecule has 1 aliphatic carbocycles. The van der Waals surface area contributed by atoms with Gasteiger partial charge in [0.1, 0.15) is 18.6 Å². The number of benzene rings is 1. The van der Waals surface area contributed by atoms with Gasteiger partial charge in [0.15, 0.2) is 0 Å². The molecule has 5 N–H and O–H groups in total. The molecule has 2 atom stereocenters. The number of hydrogen-bond donors (Lipinski definition) is 4. The van der Waals surface area contributed by atoms with Gasteiger partial charge in [-0.25, -0.2) is 5.01 Å². The number of carbonyl (C=O) groups is 5. The Hall–Kier alpha value is -3.60. The molecule has 2 rings (SSSR count). The molecule has 0 heterocycles. The largest absolute Gasteiger partial charge is 0.465 e. The Bertz CT molecular complexity index is 1070. The molecule has 0 spiro atoms. The van der Waals surface area contributed by atoms with E-state index in [0.29, 0.717) is 18.5 Å². The quantitative estimate of drug-likeness (QED) is 0.153. The Kier molecular flexibility index (Phi) is 10.1. The van der Waals surface area contributed by atoms with Crippen molar-refractivity contribution in [1.29, 1.82) is 0 Å². The zero-order valence-corrected chi connectivity index (χ0v) is 22.2. The molecule has 0 unspecified atom stereocenters. The van der Waals surface area contributed by atoms with Crippen LogP contribution in [0.5, 0.6) is 0 Å². The number of nitrogens with one attached hydrogen (secondary N) is 3. The monoisotopic (exact) mass is 535 g/mol. The Morgan fingerprint density at radius 2 is 1.84 bits per heavy atom. The average molecular weight is 536 g/mol. The average Bonchev–Trinajstić information content (AvgIpc) is 3.66. The number of ether oxygens (including phenoxy) is 1. The van der Waals surface area contributed by atoms with Crippen LogP contribution in [0.25, 0.3) is 0 Å². The number of halogens is 1. The van der Waals surface area contributed by atoms with Crippen molar-refractivity contribution in [3.63, 3.8) is 0 Å². The summed E-state index contributed by atoms with van der Waals surface area (Å²) >= 11 is 6.02. The Morgan fingerprint density at radius 1 is 1.19 bits per heavy atom. The van der Waals surface area contributed by atoms with E-state index in [-0.39, 0.29) is 23.1 Å². The van der Waals surface area contributed by atoms with Crippen LogP contribution < -0.4 is 21.8 Å². The zero-order chi connectivity index (χ0) is 27.9. The SMILES string of the molecule is C=CC(=O)N(CC(=O)OCC)NC(=O)[C@H](NC(=O)[C@@H](NC(=O)c1ccc(N)c(Cl)c1)C(C)(C)C)C1CC1. The fourth-order valence-corrected chi connectivity index (χ4v) is 3.62. The van der Waals surface area contributed by atoms with Crippen molar-refractivity contribution < 1.29 is 28.7 Å². The van der Waals surface area contributed by atoms with Gasteiger partial charge in [-0.3, -0.25) is 29.4 Å². The summed E-state index contributed by atoms with van der Waals surface area (Å²) < 4.78 is 4.85. The number of carbonyl (C=O) groups excluding carboxylic acids is 5. The first-order valence-electron chi connectivity index (χ1n) is 11.8. The highest BCUT2D eigenvalue weighted by Crippen LogP contribution is 2.33. The molecule has 0 aliphatic heterocycles. The number of esters is 1. The standard InChI is InChI=1S/C25H34ClN5O6/c1-6-18(32)31(13-19(33)37-7-2)30-23(35)20(14-8-9-14)28-24(36)21(25(3,4)5)29-22(34)15-10-11-17(27)16(26)12-15/h6,10-12,14,20-21H,1,7-9,13,27H2,2-5H3,(H,28,36)(H,29,34)(H,30,35)/t20-,21-/m1/s1. The van der Waals surface area contributed by atoms with Gasteiger partial charge < -0.3 is 21.1 Å². The maximum atomic E-state index is 13.3. The third-order valence-corrected chi connectivity index (χ3v) is 5.95.